The average Bonchev–Trinajstić information content (AvgIpc) is 2.19. The highest BCUT2D eigenvalue weighted by molar-refractivity contribution is 5.51. The van der Waals surface area contributed by atoms with Crippen molar-refractivity contribution in [3.05, 3.63) is 30.3 Å². The smallest absolute Gasteiger partial charge is 0.176 e. The molecule has 1 aromatic rings. The average molecular weight is 177 g/mol. The molecular weight excluding hydrogens is 162 g/mol. The van der Waals surface area contributed by atoms with Crippen molar-refractivity contribution < 1.29 is 4.74 Å². The summed E-state index contributed by atoms with van der Waals surface area (Å²) in [6.07, 6.45) is 2.55. The third kappa shape index (κ3) is 3.74. The molecule has 0 bridgehead atoms. The van der Waals surface area contributed by atoms with Crippen LogP contribution in [0.1, 0.15) is 20.3 Å². The minimum atomic E-state index is 0.337. The van der Waals surface area contributed by atoms with Crippen molar-refractivity contribution in [3.8, 4) is 5.75 Å². The Labute approximate surface area is 79.3 Å². The van der Waals surface area contributed by atoms with Crippen molar-refractivity contribution in [2.24, 2.45) is 4.99 Å². The van der Waals surface area contributed by atoms with E-state index in [9.17, 15) is 0 Å². The number of aliphatic imine (C=N–C) groups is 1. The van der Waals surface area contributed by atoms with Gasteiger partial charge in [-0.1, -0.05) is 25.1 Å². The molecule has 0 N–H and O–H groups in total. The summed E-state index contributed by atoms with van der Waals surface area (Å²) in [5.74, 6) is 0.828. The zero-order valence-corrected chi connectivity index (χ0v) is 8.10. The maximum atomic E-state index is 5.29. The summed E-state index contributed by atoms with van der Waals surface area (Å²) in [6.45, 7) is 4.16. The largest absolute Gasteiger partial charge is 0.446 e. The number of rotatable bonds is 4. The third-order valence-corrected chi connectivity index (χ3v) is 1.84. The second-order valence-electron chi connectivity index (χ2n) is 2.94. The molecule has 0 saturated carbocycles. The van der Waals surface area contributed by atoms with E-state index in [-0.39, 0.29) is 0 Å². The summed E-state index contributed by atoms with van der Waals surface area (Å²) in [6, 6.07) is 9.98. The van der Waals surface area contributed by atoms with E-state index in [1.54, 1.807) is 0 Å². The fourth-order valence-corrected chi connectivity index (χ4v) is 0.800. The van der Waals surface area contributed by atoms with Crippen molar-refractivity contribution in [1.82, 2.24) is 0 Å². The van der Waals surface area contributed by atoms with Gasteiger partial charge in [0.2, 0.25) is 0 Å². The van der Waals surface area contributed by atoms with Gasteiger partial charge in [0.05, 0.1) is 6.04 Å². The van der Waals surface area contributed by atoms with Crippen molar-refractivity contribution in [1.29, 1.82) is 0 Å². The molecule has 0 saturated heterocycles. The van der Waals surface area contributed by atoms with Gasteiger partial charge in [-0.05, 0) is 25.5 Å². The first-order valence-corrected chi connectivity index (χ1v) is 4.56. The van der Waals surface area contributed by atoms with Crippen LogP contribution in [-0.2, 0) is 0 Å². The molecule has 13 heavy (non-hydrogen) atoms. The Morgan fingerprint density at radius 3 is 2.69 bits per heavy atom. The lowest BCUT2D eigenvalue weighted by Gasteiger charge is -2.01. The molecule has 0 amide bonds. The summed E-state index contributed by atoms with van der Waals surface area (Å²) in [4.78, 5) is 4.19. The first kappa shape index (κ1) is 9.78. The molecule has 70 valence electrons. The van der Waals surface area contributed by atoms with Crippen molar-refractivity contribution in [2.75, 3.05) is 0 Å². The van der Waals surface area contributed by atoms with E-state index in [1.807, 2.05) is 30.3 Å². The first-order chi connectivity index (χ1) is 6.33. The second-order valence-corrected chi connectivity index (χ2v) is 2.94. The highest BCUT2D eigenvalue weighted by Gasteiger charge is 1.91. The van der Waals surface area contributed by atoms with Gasteiger partial charge in [0.25, 0.3) is 0 Å². The maximum Gasteiger partial charge on any atom is 0.176 e. The fourth-order valence-electron chi connectivity index (χ4n) is 0.800. The Morgan fingerprint density at radius 1 is 1.38 bits per heavy atom. The molecule has 0 heterocycles. The lowest BCUT2D eigenvalue weighted by atomic mass is 10.3. The van der Waals surface area contributed by atoms with E-state index >= 15 is 0 Å². The highest BCUT2D eigenvalue weighted by Crippen LogP contribution is 2.06. The Hall–Kier alpha value is -1.31. The minimum absolute atomic E-state index is 0.337. The van der Waals surface area contributed by atoms with E-state index in [0.717, 1.165) is 12.2 Å². The SMILES string of the molecule is CCC(C)/N=C/Oc1ccccc1. The number of hydrogen-bond donors (Lipinski definition) is 0. The standard InChI is InChI=1S/C11H15NO/c1-3-10(2)12-9-13-11-7-5-4-6-8-11/h4-10H,3H2,1-2H3/b12-9+. The molecule has 0 spiro atoms. The Morgan fingerprint density at radius 2 is 2.08 bits per heavy atom. The van der Waals surface area contributed by atoms with Crippen LogP contribution in [0.4, 0.5) is 0 Å². The van der Waals surface area contributed by atoms with Gasteiger partial charge in [-0.25, -0.2) is 0 Å². The Balaban J connectivity index is 2.39. The van der Waals surface area contributed by atoms with Crippen LogP contribution in [0.25, 0.3) is 0 Å². The van der Waals surface area contributed by atoms with Crippen LogP contribution in [0.5, 0.6) is 5.75 Å². The molecule has 1 rings (SSSR count). The fraction of sp³-hybridized carbons (Fsp3) is 0.364. The molecule has 0 fully saturated rings. The van der Waals surface area contributed by atoms with E-state index < -0.39 is 0 Å². The molecule has 0 aliphatic heterocycles. The van der Waals surface area contributed by atoms with Gasteiger partial charge in [0.15, 0.2) is 6.40 Å². The topological polar surface area (TPSA) is 21.6 Å². The molecule has 0 radical (unpaired) electrons. The van der Waals surface area contributed by atoms with Gasteiger partial charge in [-0.15, -0.1) is 0 Å². The van der Waals surface area contributed by atoms with Crippen LogP contribution in [-0.4, -0.2) is 12.4 Å². The molecule has 0 aliphatic rings. The van der Waals surface area contributed by atoms with Gasteiger partial charge in [-0.3, -0.25) is 4.99 Å². The molecule has 1 unspecified atom stereocenters. The minimum Gasteiger partial charge on any atom is -0.446 e. The number of nitrogens with zero attached hydrogens (tertiary/aromatic N) is 1. The number of hydrogen-bond acceptors (Lipinski definition) is 2. The maximum absolute atomic E-state index is 5.29. The van der Waals surface area contributed by atoms with Crippen molar-refractivity contribution >= 4 is 6.40 Å². The summed E-state index contributed by atoms with van der Waals surface area (Å²) in [5, 5.41) is 0. The van der Waals surface area contributed by atoms with Crippen molar-refractivity contribution in [3.63, 3.8) is 0 Å². The number of benzene rings is 1. The first-order valence-electron chi connectivity index (χ1n) is 4.56. The molecule has 0 aliphatic carbocycles. The van der Waals surface area contributed by atoms with Crippen LogP contribution in [0.2, 0.25) is 0 Å². The zero-order chi connectivity index (χ0) is 9.52. The Kier molecular flexibility index (Phi) is 4.03. The quantitative estimate of drug-likeness (QED) is 0.512. The summed E-state index contributed by atoms with van der Waals surface area (Å²) in [5.41, 5.74) is 0. The summed E-state index contributed by atoms with van der Waals surface area (Å²) in [7, 11) is 0. The van der Waals surface area contributed by atoms with E-state index in [0.29, 0.717) is 6.04 Å². The predicted molar refractivity (Wildman–Crippen MR) is 55.3 cm³/mol. The third-order valence-electron chi connectivity index (χ3n) is 1.84. The highest BCUT2D eigenvalue weighted by atomic mass is 16.5. The van der Waals surface area contributed by atoms with Gasteiger partial charge in [0.1, 0.15) is 5.75 Å². The van der Waals surface area contributed by atoms with E-state index in [4.69, 9.17) is 4.74 Å². The van der Waals surface area contributed by atoms with E-state index in [2.05, 4.69) is 18.8 Å². The molecule has 1 atom stereocenters. The van der Waals surface area contributed by atoms with Gasteiger partial charge in [-0.2, -0.15) is 0 Å². The molecule has 0 aromatic heterocycles. The summed E-state index contributed by atoms with van der Waals surface area (Å²) >= 11 is 0. The van der Waals surface area contributed by atoms with Crippen LogP contribution in [0.15, 0.2) is 35.3 Å². The number of para-hydroxylation sites is 1. The molecule has 1 aromatic carbocycles. The van der Waals surface area contributed by atoms with E-state index in [1.165, 1.54) is 6.40 Å². The lowest BCUT2D eigenvalue weighted by Crippen LogP contribution is -1.98. The van der Waals surface area contributed by atoms with Gasteiger partial charge in [0, 0.05) is 0 Å². The van der Waals surface area contributed by atoms with Crippen LogP contribution in [0.3, 0.4) is 0 Å². The molecular formula is C11H15NO. The zero-order valence-electron chi connectivity index (χ0n) is 8.10. The molecule has 2 nitrogen and oxygen atoms in total. The summed E-state index contributed by atoms with van der Waals surface area (Å²) < 4.78 is 5.29. The van der Waals surface area contributed by atoms with Crippen LogP contribution >= 0.6 is 0 Å². The monoisotopic (exact) mass is 177 g/mol. The van der Waals surface area contributed by atoms with Crippen molar-refractivity contribution in [2.45, 2.75) is 26.3 Å². The number of ether oxygens (including phenoxy) is 1. The predicted octanol–water partition coefficient (Wildman–Crippen LogP) is 2.89. The second kappa shape index (κ2) is 5.36. The lowest BCUT2D eigenvalue weighted by molar-refractivity contribution is 0.560. The van der Waals surface area contributed by atoms with Crippen LogP contribution in [0, 0.1) is 0 Å². The Bertz CT molecular complexity index is 256. The molecule has 2 heteroatoms. The normalized spacial score (nSPS) is 13.1. The van der Waals surface area contributed by atoms with Crippen LogP contribution < -0.4 is 4.74 Å². The van der Waals surface area contributed by atoms with Gasteiger partial charge < -0.3 is 4.74 Å². The van der Waals surface area contributed by atoms with Gasteiger partial charge >= 0.3 is 0 Å².